The summed E-state index contributed by atoms with van der Waals surface area (Å²) in [5.74, 6) is 0.156. The second kappa shape index (κ2) is 5.04. The van der Waals surface area contributed by atoms with E-state index in [2.05, 4.69) is 10.1 Å². The lowest BCUT2D eigenvalue weighted by atomic mass is 10.3. The number of benzene rings is 1. The first-order chi connectivity index (χ1) is 9.56. The van der Waals surface area contributed by atoms with Crippen molar-refractivity contribution >= 4 is 39.6 Å². The second-order valence-corrected chi connectivity index (χ2v) is 5.74. The Labute approximate surface area is 128 Å². The lowest BCUT2D eigenvalue weighted by Crippen LogP contribution is -2.08. The smallest absolute Gasteiger partial charge is 0.201 e. The minimum absolute atomic E-state index is 0.250. The molecule has 0 unspecified atom stereocenters. The lowest BCUT2D eigenvalue weighted by Gasteiger charge is -2.07. The maximum Gasteiger partial charge on any atom is 0.201 e. The van der Waals surface area contributed by atoms with Crippen molar-refractivity contribution in [3.05, 3.63) is 39.5 Å². The molecule has 0 fully saturated rings. The first kappa shape index (κ1) is 13.3. The van der Waals surface area contributed by atoms with E-state index in [1.807, 2.05) is 45.0 Å². The lowest BCUT2D eigenvalue weighted by molar-refractivity contribution is 0.619. The molecular weight excluding hydrogens is 372 g/mol. The molecule has 0 aliphatic heterocycles. The van der Waals surface area contributed by atoms with Crippen LogP contribution >= 0.6 is 22.6 Å². The largest absolute Gasteiger partial charge is 0.369 e. The number of aromatic nitrogens is 4. The van der Waals surface area contributed by atoms with Crippen LogP contribution in [0.15, 0.2) is 24.4 Å². The van der Waals surface area contributed by atoms with E-state index in [1.165, 1.54) is 6.07 Å². The van der Waals surface area contributed by atoms with E-state index in [0.717, 1.165) is 23.1 Å². The number of nitrogens with two attached hydrogens (primary N) is 1. The number of nitrogen functional groups attached to an aromatic ring is 1. The van der Waals surface area contributed by atoms with Crippen LogP contribution in [-0.4, -0.2) is 19.3 Å². The Kier molecular flexibility index (Phi) is 3.36. The van der Waals surface area contributed by atoms with Crippen molar-refractivity contribution in [2.45, 2.75) is 13.0 Å². The minimum Gasteiger partial charge on any atom is -0.369 e. The van der Waals surface area contributed by atoms with Gasteiger partial charge in [0, 0.05) is 38.0 Å². The predicted molar refractivity (Wildman–Crippen MR) is 83.7 cm³/mol. The molecule has 20 heavy (non-hydrogen) atoms. The number of halogens is 2. The van der Waals surface area contributed by atoms with E-state index in [1.54, 1.807) is 12.3 Å². The highest BCUT2D eigenvalue weighted by molar-refractivity contribution is 14.1. The summed E-state index contributed by atoms with van der Waals surface area (Å²) in [6.07, 6.45) is 2.52. The van der Waals surface area contributed by atoms with Gasteiger partial charge in [-0.2, -0.15) is 5.10 Å². The third kappa shape index (κ3) is 2.26. The zero-order chi connectivity index (χ0) is 14.3. The molecule has 3 aromatic rings. The van der Waals surface area contributed by atoms with E-state index < -0.39 is 0 Å². The molecule has 0 aliphatic carbocycles. The molecular formula is C13H13FIN5. The summed E-state index contributed by atoms with van der Waals surface area (Å²) in [7, 11) is 1.90. The fraction of sp³-hybridized carbons (Fsp3) is 0.231. The number of anilines is 1. The van der Waals surface area contributed by atoms with Gasteiger partial charge in [-0.05, 0) is 34.7 Å². The first-order valence-corrected chi connectivity index (χ1v) is 7.22. The summed E-state index contributed by atoms with van der Waals surface area (Å²) >= 11 is 1.95. The van der Waals surface area contributed by atoms with Crippen molar-refractivity contribution in [2.24, 2.45) is 7.05 Å². The summed E-state index contributed by atoms with van der Waals surface area (Å²) < 4.78 is 17.9. The van der Waals surface area contributed by atoms with E-state index in [9.17, 15) is 4.39 Å². The minimum atomic E-state index is -0.250. The number of aryl methyl sites for hydroxylation is 3. The van der Waals surface area contributed by atoms with Gasteiger partial charge in [-0.15, -0.1) is 0 Å². The maximum atomic E-state index is 13.7. The first-order valence-electron chi connectivity index (χ1n) is 6.14. The second-order valence-electron chi connectivity index (χ2n) is 4.57. The topological polar surface area (TPSA) is 61.7 Å². The zero-order valence-electron chi connectivity index (χ0n) is 10.8. The Morgan fingerprint density at radius 2 is 2.20 bits per heavy atom. The number of fused-ring (bicyclic) bond motifs is 1. The van der Waals surface area contributed by atoms with Gasteiger partial charge in [-0.3, -0.25) is 4.68 Å². The summed E-state index contributed by atoms with van der Waals surface area (Å²) in [6.45, 7) is 0.641. The summed E-state index contributed by atoms with van der Waals surface area (Å²) in [5.41, 5.74) is 8.48. The molecule has 104 valence electrons. The van der Waals surface area contributed by atoms with Crippen LogP contribution in [0.4, 0.5) is 10.3 Å². The summed E-state index contributed by atoms with van der Waals surface area (Å²) in [5, 5.41) is 4.13. The Hall–Kier alpha value is -1.64. The van der Waals surface area contributed by atoms with Crippen molar-refractivity contribution in [3.63, 3.8) is 0 Å². The van der Waals surface area contributed by atoms with Crippen LogP contribution in [-0.2, 0) is 20.0 Å². The van der Waals surface area contributed by atoms with Crippen LogP contribution in [0.1, 0.15) is 5.69 Å². The van der Waals surface area contributed by atoms with Gasteiger partial charge >= 0.3 is 0 Å². The summed E-state index contributed by atoms with van der Waals surface area (Å²) in [6, 6.07) is 5.16. The highest BCUT2D eigenvalue weighted by Crippen LogP contribution is 2.23. The van der Waals surface area contributed by atoms with Gasteiger partial charge < -0.3 is 10.3 Å². The fourth-order valence-corrected chi connectivity index (χ4v) is 2.70. The quantitative estimate of drug-likeness (QED) is 0.705. The van der Waals surface area contributed by atoms with Gasteiger partial charge in [0.15, 0.2) is 0 Å². The fourth-order valence-electron chi connectivity index (χ4n) is 2.25. The Balaban J connectivity index is 1.97. The molecule has 7 heteroatoms. The molecule has 1 aromatic carbocycles. The standard InChI is InChI=1S/C13H13FIN5/c1-19-8(2-4-17-19)3-5-20-12-6-9(14)10(15)7-11(12)18-13(20)16/h2,4,6-7H,3,5H2,1H3,(H2,16,18). The van der Waals surface area contributed by atoms with Crippen molar-refractivity contribution in [1.29, 1.82) is 0 Å². The van der Waals surface area contributed by atoms with Gasteiger partial charge in [0.25, 0.3) is 0 Å². The maximum absolute atomic E-state index is 13.7. The molecule has 3 rings (SSSR count). The van der Waals surface area contributed by atoms with E-state index >= 15 is 0 Å². The van der Waals surface area contributed by atoms with Crippen LogP contribution < -0.4 is 5.73 Å². The normalized spacial score (nSPS) is 11.3. The third-order valence-corrected chi connectivity index (χ3v) is 4.16. The predicted octanol–water partition coefficient (Wildman–Crippen LogP) is 2.34. The van der Waals surface area contributed by atoms with Crippen LogP contribution in [0.3, 0.4) is 0 Å². The molecule has 0 radical (unpaired) electrons. The molecule has 0 atom stereocenters. The van der Waals surface area contributed by atoms with Gasteiger partial charge in [0.2, 0.25) is 5.95 Å². The molecule has 0 saturated carbocycles. The van der Waals surface area contributed by atoms with Crippen molar-refractivity contribution < 1.29 is 4.39 Å². The number of rotatable bonds is 3. The Bertz CT molecular complexity index is 777. The molecule has 0 bridgehead atoms. The number of imidazole rings is 1. The molecule has 2 N–H and O–H groups in total. The van der Waals surface area contributed by atoms with E-state index in [-0.39, 0.29) is 5.82 Å². The Morgan fingerprint density at radius 3 is 2.90 bits per heavy atom. The third-order valence-electron chi connectivity index (χ3n) is 3.33. The van der Waals surface area contributed by atoms with Crippen LogP contribution in [0.25, 0.3) is 11.0 Å². The number of nitrogens with zero attached hydrogens (tertiary/aromatic N) is 4. The SMILES string of the molecule is Cn1nccc1CCn1c(N)nc2cc(I)c(F)cc21. The highest BCUT2D eigenvalue weighted by atomic mass is 127. The summed E-state index contributed by atoms with van der Waals surface area (Å²) in [4.78, 5) is 4.28. The highest BCUT2D eigenvalue weighted by Gasteiger charge is 2.12. The molecule has 0 spiro atoms. The Morgan fingerprint density at radius 1 is 1.40 bits per heavy atom. The average molecular weight is 385 g/mol. The van der Waals surface area contributed by atoms with Gasteiger partial charge in [-0.25, -0.2) is 9.37 Å². The van der Waals surface area contributed by atoms with Crippen molar-refractivity contribution in [1.82, 2.24) is 19.3 Å². The van der Waals surface area contributed by atoms with Crippen molar-refractivity contribution in [2.75, 3.05) is 5.73 Å². The van der Waals surface area contributed by atoms with E-state index in [4.69, 9.17) is 5.73 Å². The molecule has 5 nitrogen and oxygen atoms in total. The average Bonchev–Trinajstić information content (AvgIpc) is 2.92. The van der Waals surface area contributed by atoms with Crippen LogP contribution in [0.2, 0.25) is 0 Å². The van der Waals surface area contributed by atoms with Gasteiger partial charge in [0.1, 0.15) is 5.82 Å². The molecule has 2 aromatic heterocycles. The zero-order valence-corrected chi connectivity index (χ0v) is 13.0. The molecule has 0 amide bonds. The van der Waals surface area contributed by atoms with Gasteiger partial charge in [0.05, 0.1) is 14.6 Å². The number of hydrogen-bond donors (Lipinski definition) is 1. The van der Waals surface area contributed by atoms with Crippen LogP contribution in [0, 0.1) is 9.39 Å². The number of hydrogen-bond acceptors (Lipinski definition) is 3. The van der Waals surface area contributed by atoms with Gasteiger partial charge in [-0.1, -0.05) is 0 Å². The van der Waals surface area contributed by atoms with Crippen LogP contribution in [0.5, 0.6) is 0 Å². The van der Waals surface area contributed by atoms with E-state index in [0.29, 0.717) is 16.1 Å². The molecule has 0 aliphatic rings. The van der Waals surface area contributed by atoms with Crippen molar-refractivity contribution in [3.8, 4) is 0 Å². The molecule has 2 heterocycles. The molecule has 0 saturated heterocycles. The monoisotopic (exact) mass is 385 g/mol.